The largest absolute Gasteiger partial charge is 0.353 e. The number of hydrogen-bond donors (Lipinski definition) is 2. The molecular weight excluding hydrogens is 336 g/mol. The lowest BCUT2D eigenvalue weighted by molar-refractivity contribution is 0.425. The molecule has 6 heteroatoms. The second-order valence-corrected chi connectivity index (χ2v) is 6.87. The Morgan fingerprint density at radius 1 is 0.963 bits per heavy atom. The highest BCUT2D eigenvalue weighted by Gasteiger charge is 2.08. The Kier molecular flexibility index (Phi) is 5.98. The monoisotopic (exact) mass is 362 g/mol. The van der Waals surface area contributed by atoms with E-state index in [1.807, 2.05) is 32.3 Å². The lowest BCUT2D eigenvalue weighted by Crippen LogP contribution is -2.21. The van der Waals surface area contributed by atoms with Crippen LogP contribution in [0.15, 0.2) is 48.8 Å². The SMILES string of the molecule is Cc1ccc(C)c(Nc2cc(-c3ccncc3)nc(NCCN(C)C)n2)c1. The summed E-state index contributed by atoms with van der Waals surface area (Å²) in [5, 5.41) is 6.76. The molecule has 0 aliphatic heterocycles. The summed E-state index contributed by atoms with van der Waals surface area (Å²) in [6, 6.07) is 12.2. The number of aromatic nitrogens is 3. The Balaban J connectivity index is 1.92. The first-order valence-corrected chi connectivity index (χ1v) is 9.03. The zero-order valence-electron chi connectivity index (χ0n) is 16.3. The van der Waals surface area contributed by atoms with Gasteiger partial charge in [-0.15, -0.1) is 0 Å². The second kappa shape index (κ2) is 8.60. The maximum absolute atomic E-state index is 4.67. The minimum absolute atomic E-state index is 0.610. The van der Waals surface area contributed by atoms with Crippen LogP contribution < -0.4 is 10.6 Å². The molecule has 2 heterocycles. The summed E-state index contributed by atoms with van der Waals surface area (Å²) in [6.45, 7) is 5.85. The predicted octanol–water partition coefficient (Wildman–Crippen LogP) is 3.87. The highest BCUT2D eigenvalue weighted by molar-refractivity contribution is 5.68. The van der Waals surface area contributed by atoms with E-state index in [-0.39, 0.29) is 0 Å². The third kappa shape index (κ3) is 5.24. The molecule has 0 bridgehead atoms. The van der Waals surface area contributed by atoms with Crippen molar-refractivity contribution in [1.29, 1.82) is 0 Å². The van der Waals surface area contributed by atoms with Gasteiger partial charge >= 0.3 is 0 Å². The van der Waals surface area contributed by atoms with Crippen molar-refractivity contribution in [3.63, 3.8) is 0 Å². The number of benzene rings is 1. The molecule has 2 aromatic heterocycles. The molecule has 1 aromatic carbocycles. The maximum Gasteiger partial charge on any atom is 0.225 e. The lowest BCUT2D eigenvalue weighted by atomic mass is 10.1. The summed E-state index contributed by atoms with van der Waals surface area (Å²) in [6.07, 6.45) is 3.54. The van der Waals surface area contributed by atoms with E-state index in [2.05, 4.69) is 62.5 Å². The van der Waals surface area contributed by atoms with Crippen molar-refractivity contribution in [3.05, 3.63) is 59.9 Å². The summed E-state index contributed by atoms with van der Waals surface area (Å²) in [5.74, 6) is 1.37. The molecule has 0 saturated heterocycles. The summed E-state index contributed by atoms with van der Waals surface area (Å²) in [4.78, 5) is 15.5. The van der Waals surface area contributed by atoms with Gasteiger partial charge in [-0.2, -0.15) is 4.98 Å². The third-order valence-electron chi connectivity index (χ3n) is 4.20. The summed E-state index contributed by atoms with van der Waals surface area (Å²) in [7, 11) is 4.09. The van der Waals surface area contributed by atoms with Crippen molar-refractivity contribution in [3.8, 4) is 11.3 Å². The van der Waals surface area contributed by atoms with Crippen molar-refractivity contribution in [2.24, 2.45) is 0 Å². The Morgan fingerprint density at radius 2 is 1.74 bits per heavy atom. The zero-order chi connectivity index (χ0) is 19.2. The Labute approximate surface area is 160 Å². The predicted molar refractivity (Wildman–Crippen MR) is 112 cm³/mol. The number of likely N-dealkylation sites (N-methyl/N-ethyl adjacent to an activating group) is 1. The normalized spacial score (nSPS) is 10.9. The quantitative estimate of drug-likeness (QED) is 0.665. The molecule has 27 heavy (non-hydrogen) atoms. The molecule has 0 radical (unpaired) electrons. The van der Waals surface area contributed by atoms with Gasteiger partial charge in [-0.25, -0.2) is 4.98 Å². The first kappa shape index (κ1) is 18.8. The van der Waals surface area contributed by atoms with Crippen molar-refractivity contribution in [1.82, 2.24) is 19.9 Å². The topological polar surface area (TPSA) is 66.0 Å². The molecule has 0 saturated carbocycles. The van der Waals surface area contributed by atoms with Crippen LogP contribution in [0, 0.1) is 13.8 Å². The van der Waals surface area contributed by atoms with Gasteiger partial charge in [0.2, 0.25) is 5.95 Å². The standard InChI is InChI=1S/C21H26N6/c1-15-5-6-16(2)18(13-15)24-20-14-19(17-7-9-22-10-8-17)25-21(26-20)23-11-12-27(3)4/h5-10,13-14H,11-12H2,1-4H3,(H2,23,24,25,26). The number of nitrogens with one attached hydrogen (secondary N) is 2. The smallest absolute Gasteiger partial charge is 0.225 e. The molecule has 3 rings (SSSR count). The van der Waals surface area contributed by atoms with Crippen LogP contribution in [0.1, 0.15) is 11.1 Å². The number of pyridine rings is 1. The molecule has 3 aromatic rings. The molecule has 0 aliphatic rings. The molecule has 140 valence electrons. The van der Waals surface area contributed by atoms with Crippen LogP contribution >= 0.6 is 0 Å². The summed E-state index contributed by atoms with van der Waals surface area (Å²) >= 11 is 0. The van der Waals surface area contributed by atoms with Gasteiger partial charge in [0.1, 0.15) is 5.82 Å². The average Bonchev–Trinajstić information content (AvgIpc) is 2.65. The van der Waals surface area contributed by atoms with Gasteiger partial charge in [0.05, 0.1) is 5.69 Å². The zero-order valence-corrected chi connectivity index (χ0v) is 16.3. The Hall–Kier alpha value is -2.99. The number of nitrogens with zero attached hydrogens (tertiary/aromatic N) is 4. The first-order chi connectivity index (χ1) is 13.0. The van der Waals surface area contributed by atoms with Crippen LogP contribution in [0.4, 0.5) is 17.5 Å². The highest BCUT2D eigenvalue weighted by atomic mass is 15.2. The van der Waals surface area contributed by atoms with Crippen molar-refractivity contribution in [2.75, 3.05) is 37.8 Å². The highest BCUT2D eigenvalue weighted by Crippen LogP contribution is 2.25. The molecule has 2 N–H and O–H groups in total. The van der Waals surface area contributed by atoms with E-state index in [9.17, 15) is 0 Å². The minimum atomic E-state index is 0.610. The van der Waals surface area contributed by atoms with Gasteiger partial charge in [0.25, 0.3) is 0 Å². The van der Waals surface area contributed by atoms with E-state index in [1.54, 1.807) is 12.4 Å². The van der Waals surface area contributed by atoms with Crippen LogP contribution in [0.3, 0.4) is 0 Å². The van der Waals surface area contributed by atoms with Crippen molar-refractivity contribution < 1.29 is 0 Å². The van der Waals surface area contributed by atoms with Gasteiger partial charge in [0, 0.05) is 42.8 Å². The molecule has 0 spiro atoms. The fourth-order valence-corrected chi connectivity index (χ4v) is 2.66. The van der Waals surface area contributed by atoms with Gasteiger partial charge < -0.3 is 15.5 Å². The average molecular weight is 362 g/mol. The van der Waals surface area contributed by atoms with E-state index >= 15 is 0 Å². The van der Waals surface area contributed by atoms with Crippen LogP contribution in [0.2, 0.25) is 0 Å². The van der Waals surface area contributed by atoms with E-state index in [0.29, 0.717) is 5.95 Å². The molecular formula is C21H26N6. The minimum Gasteiger partial charge on any atom is -0.353 e. The third-order valence-corrected chi connectivity index (χ3v) is 4.20. The van der Waals surface area contributed by atoms with Gasteiger partial charge in [0.15, 0.2) is 0 Å². The van der Waals surface area contributed by atoms with Crippen LogP contribution in [0.25, 0.3) is 11.3 Å². The van der Waals surface area contributed by atoms with Crippen LogP contribution in [-0.2, 0) is 0 Å². The molecule has 0 fully saturated rings. The van der Waals surface area contributed by atoms with Gasteiger partial charge in [-0.1, -0.05) is 12.1 Å². The Morgan fingerprint density at radius 3 is 2.48 bits per heavy atom. The van der Waals surface area contributed by atoms with Crippen molar-refractivity contribution in [2.45, 2.75) is 13.8 Å². The Bertz CT molecular complexity index is 892. The second-order valence-electron chi connectivity index (χ2n) is 6.87. The van der Waals surface area contributed by atoms with Crippen LogP contribution in [0.5, 0.6) is 0 Å². The number of rotatable bonds is 7. The van der Waals surface area contributed by atoms with E-state index < -0.39 is 0 Å². The number of anilines is 3. The molecule has 0 aliphatic carbocycles. The lowest BCUT2D eigenvalue weighted by Gasteiger charge is -2.14. The molecule has 0 atom stereocenters. The fraction of sp³-hybridized carbons (Fsp3) is 0.286. The van der Waals surface area contributed by atoms with E-state index in [4.69, 9.17) is 0 Å². The maximum atomic E-state index is 4.67. The molecule has 0 unspecified atom stereocenters. The first-order valence-electron chi connectivity index (χ1n) is 9.03. The van der Waals surface area contributed by atoms with E-state index in [0.717, 1.165) is 35.9 Å². The van der Waals surface area contributed by atoms with Gasteiger partial charge in [-0.05, 0) is 57.3 Å². The summed E-state index contributed by atoms with van der Waals surface area (Å²) < 4.78 is 0. The van der Waals surface area contributed by atoms with Gasteiger partial charge in [-0.3, -0.25) is 4.98 Å². The fourth-order valence-electron chi connectivity index (χ4n) is 2.66. The van der Waals surface area contributed by atoms with Crippen LogP contribution in [-0.4, -0.2) is 47.0 Å². The molecule has 0 amide bonds. The molecule has 6 nitrogen and oxygen atoms in total. The van der Waals surface area contributed by atoms with Crippen molar-refractivity contribution >= 4 is 17.5 Å². The summed E-state index contributed by atoms with van der Waals surface area (Å²) in [5.41, 5.74) is 5.29. The number of aryl methyl sites for hydroxylation is 2. The van der Waals surface area contributed by atoms with E-state index in [1.165, 1.54) is 11.1 Å². The number of hydrogen-bond acceptors (Lipinski definition) is 6.